The molecule has 1 aliphatic heterocycles. The average molecular weight is 423 g/mol. The number of nitrogens with zero attached hydrogens (tertiary/aromatic N) is 1. The fraction of sp³-hybridized carbons (Fsp3) is 0.450. The van der Waals surface area contributed by atoms with Crippen molar-refractivity contribution >= 4 is 33.0 Å². The van der Waals surface area contributed by atoms with E-state index in [9.17, 15) is 13.2 Å². The molecule has 3 rings (SSSR count). The number of hydrogen-bond acceptors (Lipinski definition) is 4. The van der Waals surface area contributed by atoms with E-state index in [4.69, 9.17) is 0 Å². The molecule has 0 saturated carbocycles. The van der Waals surface area contributed by atoms with Gasteiger partial charge in [0.2, 0.25) is 10.0 Å². The lowest BCUT2D eigenvalue weighted by Gasteiger charge is -2.25. The molecular weight excluding hydrogens is 394 g/mol. The fourth-order valence-electron chi connectivity index (χ4n) is 3.39. The van der Waals surface area contributed by atoms with Crippen LogP contribution in [0.5, 0.6) is 0 Å². The Morgan fingerprint density at radius 1 is 1.11 bits per heavy atom. The molecule has 0 unspecified atom stereocenters. The second kappa shape index (κ2) is 9.17. The molecule has 0 radical (unpaired) electrons. The molecule has 0 bridgehead atoms. The van der Waals surface area contributed by atoms with Crippen LogP contribution >= 0.6 is 11.3 Å². The molecule has 0 aliphatic carbocycles. The Balaban J connectivity index is 1.59. The molecule has 1 aromatic carbocycles. The minimum Gasteiger partial charge on any atom is -0.330 e. The lowest BCUT2D eigenvalue weighted by molar-refractivity contribution is -0.709. The van der Waals surface area contributed by atoms with Gasteiger partial charge in [0.15, 0.2) is 6.04 Å². The summed E-state index contributed by atoms with van der Waals surface area (Å²) in [5.74, 6) is -0.102. The highest BCUT2D eigenvalue weighted by Crippen LogP contribution is 2.22. The molecule has 1 aliphatic rings. The van der Waals surface area contributed by atoms with E-state index >= 15 is 0 Å². The number of nitrogens with one attached hydrogen (secondary N) is 1. The van der Waals surface area contributed by atoms with Crippen LogP contribution in [0.15, 0.2) is 46.7 Å². The van der Waals surface area contributed by atoms with Crippen LogP contribution in [0.25, 0.3) is 0 Å². The second-order valence-electron chi connectivity index (χ2n) is 7.26. The van der Waals surface area contributed by atoms with Crippen LogP contribution in [-0.4, -0.2) is 37.8 Å². The third kappa shape index (κ3) is 5.00. The third-order valence-corrected chi connectivity index (χ3v) is 8.04. The number of carbonyl (C=O) groups excluding carboxylic acids is 1. The second-order valence-corrected chi connectivity index (χ2v) is 10.2. The van der Waals surface area contributed by atoms with Gasteiger partial charge < -0.3 is 10.6 Å². The number of hydrogen-bond donors (Lipinski definition) is 2. The predicted octanol–water partition coefficient (Wildman–Crippen LogP) is 2.57. The van der Waals surface area contributed by atoms with Gasteiger partial charge in [0.1, 0.15) is 6.04 Å². The van der Waals surface area contributed by atoms with E-state index in [2.05, 4.69) is 18.3 Å². The molecule has 6 nitrogen and oxygen atoms in total. The number of carbonyl (C=O) groups is 1. The van der Waals surface area contributed by atoms with Crippen LogP contribution < -0.4 is 10.6 Å². The highest BCUT2D eigenvalue weighted by molar-refractivity contribution is 7.89. The first-order valence-electron chi connectivity index (χ1n) is 9.67. The van der Waals surface area contributed by atoms with E-state index in [1.54, 1.807) is 39.9 Å². The topological polar surface area (TPSA) is 83.1 Å². The Kier molecular flexibility index (Phi) is 6.87. The zero-order chi connectivity index (χ0) is 20.1. The third-order valence-electron chi connectivity index (χ3n) is 5.06. The number of thiophene rings is 1. The number of benzene rings is 1. The maximum atomic E-state index is 12.7. The monoisotopic (exact) mass is 422 g/mol. The number of amides is 1. The summed E-state index contributed by atoms with van der Waals surface area (Å²) in [6, 6.07) is 10.5. The molecule has 1 aromatic heterocycles. The number of piperidine rings is 1. The van der Waals surface area contributed by atoms with Gasteiger partial charge in [0, 0.05) is 18.8 Å². The Morgan fingerprint density at radius 2 is 1.79 bits per heavy atom. The van der Waals surface area contributed by atoms with Crippen LogP contribution in [0, 0.1) is 0 Å². The molecule has 1 saturated heterocycles. The van der Waals surface area contributed by atoms with Crippen molar-refractivity contribution in [2.45, 2.75) is 50.1 Å². The van der Waals surface area contributed by atoms with Crippen LogP contribution in [0.2, 0.25) is 0 Å². The van der Waals surface area contributed by atoms with Crippen molar-refractivity contribution in [1.29, 1.82) is 0 Å². The summed E-state index contributed by atoms with van der Waals surface area (Å²) in [6.45, 7) is 5.11. The van der Waals surface area contributed by atoms with Crippen LogP contribution in [0.1, 0.15) is 44.0 Å². The van der Waals surface area contributed by atoms with Crippen LogP contribution in [0.4, 0.5) is 5.69 Å². The number of nitrogens with two attached hydrogens (primary N) is 1. The molecule has 2 atom stereocenters. The van der Waals surface area contributed by atoms with E-state index in [0.717, 1.165) is 19.3 Å². The van der Waals surface area contributed by atoms with Gasteiger partial charge in [-0.05, 0) is 62.4 Å². The zero-order valence-electron chi connectivity index (χ0n) is 16.3. The Labute approximate surface area is 171 Å². The highest BCUT2D eigenvalue weighted by Gasteiger charge is 2.26. The smallest absolute Gasteiger partial charge is 0.282 e. The number of anilines is 1. The molecular formula is C20H28N3O3S2+. The van der Waals surface area contributed by atoms with Gasteiger partial charge in [0.25, 0.3) is 5.91 Å². The lowest BCUT2D eigenvalue weighted by Crippen LogP contribution is -2.91. The van der Waals surface area contributed by atoms with Gasteiger partial charge in [0.05, 0.1) is 9.77 Å². The van der Waals surface area contributed by atoms with Gasteiger partial charge in [-0.25, -0.2) is 8.42 Å². The molecule has 3 N–H and O–H groups in total. The molecule has 152 valence electrons. The summed E-state index contributed by atoms with van der Waals surface area (Å²) in [5.41, 5.74) is 0.603. The van der Waals surface area contributed by atoms with E-state index in [0.29, 0.717) is 18.8 Å². The van der Waals surface area contributed by atoms with E-state index < -0.39 is 10.0 Å². The molecule has 2 heterocycles. The van der Waals surface area contributed by atoms with E-state index in [1.165, 1.54) is 4.88 Å². The Bertz CT molecular complexity index is 874. The molecule has 28 heavy (non-hydrogen) atoms. The summed E-state index contributed by atoms with van der Waals surface area (Å²) in [4.78, 5) is 14.0. The minimum absolute atomic E-state index is 0.102. The highest BCUT2D eigenvalue weighted by atomic mass is 32.2. The minimum atomic E-state index is -3.45. The molecule has 2 aromatic rings. The zero-order valence-corrected chi connectivity index (χ0v) is 17.9. The Morgan fingerprint density at radius 3 is 2.39 bits per heavy atom. The SMILES string of the molecule is C[C@H]([NH2+][C@@H](C)c1cccs1)C(=O)Nc1ccc(S(=O)(=O)N2CCCCC2)cc1. The predicted molar refractivity (Wildman–Crippen MR) is 112 cm³/mol. The van der Waals surface area contributed by atoms with Crippen molar-refractivity contribution in [3.8, 4) is 0 Å². The quantitative estimate of drug-likeness (QED) is 0.719. The molecule has 8 heteroatoms. The first-order chi connectivity index (χ1) is 13.4. The maximum Gasteiger partial charge on any atom is 0.282 e. The summed E-state index contributed by atoms with van der Waals surface area (Å²) >= 11 is 1.68. The summed E-state index contributed by atoms with van der Waals surface area (Å²) in [5, 5.41) is 6.93. The Hall–Kier alpha value is -1.74. The standard InChI is InChI=1S/C20H27N3O3S2/c1-15(19-7-6-14-27-19)21-16(2)20(24)22-17-8-10-18(11-9-17)28(25,26)23-12-4-3-5-13-23/h6-11,14-16,21H,3-5,12-13H2,1-2H3,(H,22,24)/p+1/t15-,16-/m0/s1. The fourth-order valence-corrected chi connectivity index (χ4v) is 5.67. The van der Waals surface area contributed by atoms with Gasteiger partial charge >= 0.3 is 0 Å². The van der Waals surface area contributed by atoms with Gasteiger partial charge in [-0.15, -0.1) is 11.3 Å². The van der Waals surface area contributed by atoms with E-state index in [1.807, 2.05) is 23.7 Å². The number of rotatable bonds is 7. The van der Waals surface area contributed by atoms with Crippen molar-refractivity contribution in [2.75, 3.05) is 18.4 Å². The van der Waals surface area contributed by atoms with Gasteiger partial charge in [-0.3, -0.25) is 4.79 Å². The largest absolute Gasteiger partial charge is 0.330 e. The molecule has 1 amide bonds. The van der Waals surface area contributed by atoms with Crippen molar-refractivity contribution in [1.82, 2.24) is 4.31 Å². The number of sulfonamides is 1. The summed E-state index contributed by atoms with van der Waals surface area (Å²) in [6.07, 6.45) is 2.90. The maximum absolute atomic E-state index is 12.7. The van der Waals surface area contributed by atoms with Crippen LogP contribution in [-0.2, 0) is 14.8 Å². The lowest BCUT2D eigenvalue weighted by atomic mass is 10.2. The van der Waals surface area contributed by atoms with Crippen molar-refractivity contribution in [2.24, 2.45) is 0 Å². The normalized spacial score (nSPS) is 17.8. The first-order valence-corrected chi connectivity index (χ1v) is 12.0. The van der Waals surface area contributed by atoms with E-state index in [-0.39, 0.29) is 22.9 Å². The first kappa shape index (κ1) is 21.0. The summed E-state index contributed by atoms with van der Waals surface area (Å²) < 4.78 is 26.9. The molecule has 1 fully saturated rings. The summed E-state index contributed by atoms with van der Waals surface area (Å²) in [7, 11) is -3.45. The van der Waals surface area contributed by atoms with Crippen molar-refractivity contribution in [3.63, 3.8) is 0 Å². The number of quaternary nitrogens is 1. The molecule has 0 spiro atoms. The van der Waals surface area contributed by atoms with Crippen molar-refractivity contribution < 1.29 is 18.5 Å². The van der Waals surface area contributed by atoms with Gasteiger partial charge in [-0.2, -0.15) is 4.31 Å². The van der Waals surface area contributed by atoms with Gasteiger partial charge in [-0.1, -0.05) is 12.5 Å². The van der Waals surface area contributed by atoms with Crippen LogP contribution in [0.3, 0.4) is 0 Å². The average Bonchev–Trinajstić information content (AvgIpc) is 3.24. The van der Waals surface area contributed by atoms with Crippen molar-refractivity contribution in [3.05, 3.63) is 46.7 Å².